The Bertz CT molecular complexity index is 1910. The van der Waals surface area contributed by atoms with Crippen LogP contribution in [0.25, 0.3) is 10.2 Å². The predicted molar refractivity (Wildman–Crippen MR) is 178 cm³/mol. The number of aromatic nitrogens is 1. The molecule has 0 aliphatic rings. The molecule has 0 aliphatic heterocycles. The van der Waals surface area contributed by atoms with E-state index >= 15 is 0 Å². The van der Waals surface area contributed by atoms with Gasteiger partial charge < -0.3 is 15.2 Å². The second-order valence-corrected chi connectivity index (χ2v) is 15.1. The molecular formula is C32H26Cl2N2O6S3. The predicted octanol–water partition coefficient (Wildman–Crippen LogP) is 7.52. The Morgan fingerprint density at radius 2 is 1.58 bits per heavy atom. The average molecular weight is 702 g/mol. The van der Waals surface area contributed by atoms with E-state index in [1.807, 2.05) is 30.3 Å². The summed E-state index contributed by atoms with van der Waals surface area (Å²) in [5.74, 6) is -1.10. The third-order valence-electron chi connectivity index (χ3n) is 6.62. The molecule has 5 aromatic rings. The summed E-state index contributed by atoms with van der Waals surface area (Å²) in [6.45, 7) is 0. The van der Waals surface area contributed by atoms with Crippen molar-refractivity contribution in [2.45, 2.75) is 34.1 Å². The van der Waals surface area contributed by atoms with Gasteiger partial charge in [-0.3, -0.25) is 4.79 Å². The molecule has 0 saturated heterocycles. The molecule has 1 atom stereocenters. The quantitative estimate of drug-likeness (QED) is 0.0955. The van der Waals surface area contributed by atoms with Gasteiger partial charge in [0, 0.05) is 21.4 Å². The molecule has 0 spiro atoms. The van der Waals surface area contributed by atoms with Crippen molar-refractivity contribution in [1.82, 2.24) is 10.3 Å². The molecule has 8 nitrogen and oxygen atoms in total. The zero-order valence-electron chi connectivity index (χ0n) is 23.5. The highest BCUT2D eigenvalue weighted by molar-refractivity contribution is 8.00. The molecule has 0 saturated carbocycles. The van der Waals surface area contributed by atoms with Crippen molar-refractivity contribution in [3.8, 4) is 5.75 Å². The summed E-state index contributed by atoms with van der Waals surface area (Å²) in [5, 5.41) is 13.2. The van der Waals surface area contributed by atoms with Crippen molar-refractivity contribution in [1.29, 1.82) is 0 Å². The number of thioether (sulfide) groups is 1. The van der Waals surface area contributed by atoms with Crippen LogP contribution in [0.1, 0.15) is 27.9 Å². The van der Waals surface area contributed by atoms with Gasteiger partial charge in [0.2, 0.25) is 0 Å². The molecule has 1 amide bonds. The van der Waals surface area contributed by atoms with Gasteiger partial charge in [0.1, 0.15) is 5.75 Å². The number of thiazole rings is 1. The monoisotopic (exact) mass is 700 g/mol. The summed E-state index contributed by atoms with van der Waals surface area (Å²) in [7, 11) is -3.43. The summed E-state index contributed by atoms with van der Waals surface area (Å²) in [5.41, 5.74) is 2.97. The zero-order chi connectivity index (χ0) is 32.0. The number of carboxylic acids is 1. The van der Waals surface area contributed by atoms with E-state index in [9.17, 15) is 23.1 Å². The van der Waals surface area contributed by atoms with Crippen LogP contribution in [-0.2, 0) is 26.8 Å². The average Bonchev–Trinajstić information content (AvgIpc) is 3.43. The number of hydrogen-bond donors (Lipinski definition) is 2. The maximum Gasteiger partial charge on any atom is 0.366 e. The number of carboxylic acid groups (broad SMARTS) is 1. The molecule has 4 aromatic carbocycles. The van der Waals surface area contributed by atoms with E-state index in [1.165, 1.54) is 12.1 Å². The number of ether oxygens (including phenoxy) is 1. The number of sulfone groups is 1. The van der Waals surface area contributed by atoms with Gasteiger partial charge in [-0.15, -0.1) is 11.3 Å². The molecule has 1 unspecified atom stereocenters. The lowest BCUT2D eigenvalue weighted by Crippen LogP contribution is -2.44. The van der Waals surface area contributed by atoms with Crippen LogP contribution in [-0.4, -0.2) is 42.4 Å². The van der Waals surface area contributed by atoms with Crippen molar-refractivity contribution in [2.24, 2.45) is 0 Å². The first-order valence-corrected chi connectivity index (χ1v) is 17.8. The third kappa shape index (κ3) is 8.99. The Morgan fingerprint density at radius 3 is 2.27 bits per heavy atom. The largest absolute Gasteiger partial charge is 0.477 e. The fraction of sp³-hybridized carbons (Fsp3) is 0.156. The molecule has 0 radical (unpaired) electrons. The molecule has 232 valence electrons. The van der Waals surface area contributed by atoms with E-state index in [4.69, 9.17) is 27.9 Å². The van der Waals surface area contributed by atoms with Crippen LogP contribution in [0.5, 0.6) is 5.75 Å². The molecule has 0 fully saturated rings. The summed E-state index contributed by atoms with van der Waals surface area (Å²) in [6, 6.07) is 25.2. The summed E-state index contributed by atoms with van der Waals surface area (Å²) >= 11 is 15.0. The summed E-state index contributed by atoms with van der Waals surface area (Å²) < 4.78 is 32.6. The van der Waals surface area contributed by atoms with Gasteiger partial charge in [-0.2, -0.15) is 0 Å². The van der Waals surface area contributed by atoms with Crippen LogP contribution in [0.4, 0.5) is 0 Å². The minimum Gasteiger partial charge on any atom is -0.477 e. The Balaban J connectivity index is 1.11. The van der Waals surface area contributed by atoms with E-state index in [-0.39, 0.29) is 22.0 Å². The molecule has 45 heavy (non-hydrogen) atoms. The van der Waals surface area contributed by atoms with Gasteiger partial charge in [0.25, 0.3) is 12.1 Å². The molecule has 13 heteroatoms. The number of benzene rings is 4. The van der Waals surface area contributed by atoms with Gasteiger partial charge in [-0.05, 0) is 90.7 Å². The fourth-order valence-corrected chi connectivity index (χ4v) is 7.89. The van der Waals surface area contributed by atoms with E-state index in [2.05, 4.69) is 10.3 Å². The maximum absolute atomic E-state index is 12.8. The second-order valence-electron chi connectivity index (χ2n) is 9.91. The normalized spacial score (nSPS) is 12.1. The maximum atomic E-state index is 12.8. The minimum absolute atomic E-state index is 0.0291. The number of aliphatic carboxylic acids is 1. The summed E-state index contributed by atoms with van der Waals surface area (Å²) in [4.78, 5) is 29.5. The first kappa shape index (κ1) is 32.8. The van der Waals surface area contributed by atoms with Crippen molar-refractivity contribution in [3.05, 3.63) is 118 Å². The van der Waals surface area contributed by atoms with Crippen molar-refractivity contribution >= 4 is 78.2 Å². The van der Waals surface area contributed by atoms with Crippen molar-refractivity contribution < 1.29 is 27.9 Å². The number of halogens is 2. The molecule has 0 bridgehead atoms. The topological polar surface area (TPSA) is 123 Å². The molecule has 2 N–H and O–H groups in total. The standard InChI is InChI=1S/C32H26Cl2N2O6S3/c33-23-9-14-26(15-10-23)45(40,41)17-1-2-20-5-12-25(13-6-20)42-30(31(38)39)36-29(37)22-7-3-21(4-8-22)19-43-32-35-27-18-24(34)11-16-28(27)44-32/h3-16,18,30H,1-2,17,19H2,(H,36,37)(H,38,39). The number of aryl methyl sites for hydroxylation is 1. The molecule has 1 aromatic heterocycles. The fourth-order valence-electron chi connectivity index (χ4n) is 4.28. The lowest BCUT2D eigenvalue weighted by molar-refractivity contribution is -0.146. The highest BCUT2D eigenvalue weighted by Gasteiger charge is 2.23. The molecular weight excluding hydrogens is 675 g/mol. The van der Waals surface area contributed by atoms with E-state index in [0.717, 1.165) is 25.7 Å². The highest BCUT2D eigenvalue weighted by atomic mass is 35.5. The van der Waals surface area contributed by atoms with Crippen molar-refractivity contribution in [3.63, 3.8) is 0 Å². The molecule has 1 heterocycles. The van der Waals surface area contributed by atoms with E-state index in [1.54, 1.807) is 71.6 Å². The second kappa shape index (κ2) is 14.7. The van der Waals surface area contributed by atoms with Crippen LogP contribution in [0.3, 0.4) is 0 Å². The van der Waals surface area contributed by atoms with E-state index in [0.29, 0.717) is 28.6 Å². The number of hydrogen-bond acceptors (Lipinski definition) is 8. The van der Waals surface area contributed by atoms with Crippen LogP contribution in [0, 0.1) is 0 Å². The van der Waals surface area contributed by atoms with Crippen LogP contribution in [0.15, 0.2) is 100 Å². The smallest absolute Gasteiger partial charge is 0.366 e. The number of rotatable bonds is 13. The number of carbonyl (C=O) groups is 2. The minimum atomic E-state index is -3.43. The lowest BCUT2D eigenvalue weighted by Gasteiger charge is -2.17. The van der Waals surface area contributed by atoms with Crippen molar-refractivity contribution in [2.75, 3.05) is 5.75 Å². The summed E-state index contributed by atoms with van der Waals surface area (Å²) in [6.07, 6.45) is -0.722. The number of carbonyl (C=O) groups excluding carboxylic acids is 1. The Hall–Kier alpha value is -3.61. The number of nitrogens with one attached hydrogen (secondary N) is 1. The lowest BCUT2D eigenvalue weighted by atomic mass is 10.1. The number of fused-ring (bicyclic) bond motifs is 1. The van der Waals surface area contributed by atoms with Crippen LogP contribution in [0.2, 0.25) is 10.0 Å². The Labute approximate surface area is 278 Å². The van der Waals surface area contributed by atoms with Crippen LogP contribution >= 0.6 is 46.3 Å². The first-order valence-electron chi connectivity index (χ1n) is 13.6. The van der Waals surface area contributed by atoms with Gasteiger partial charge in [0.05, 0.1) is 20.9 Å². The molecule has 5 rings (SSSR count). The number of nitrogens with zero attached hydrogens (tertiary/aromatic N) is 1. The van der Waals surface area contributed by atoms with E-state index < -0.39 is 27.9 Å². The number of amides is 1. The van der Waals surface area contributed by atoms with Crippen LogP contribution < -0.4 is 10.1 Å². The third-order valence-corrected chi connectivity index (χ3v) is 11.2. The highest BCUT2D eigenvalue weighted by Crippen LogP contribution is 2.32. The van der Waals surface area contributed by atoms with Gasteiger partial charge >= 0.3 is 5.97 Å². The molecule has 0 aliphatic carbocycles. The first-order chi connectivity index (χ1) is 21.6. The van der Waals surface area contributed by atoms with Gasteiger partial charge in [-0.1, -0.05) is 59.2 Å². The Morgan fingerprint density at radius 1 is 0.911 bits per heavy atom. The SMILES string of the molecule is O=C(NC(Oc1ccc(CCCS(=O)(=O)c2ccc(Cl)cc2)cc1)C(=O)O)c1ccc(CSc2nc3cc(Cl)ccc3s2)cc1. The Kier molecular flexibility index (Phi) is 10.7. The van der Waals surface area contributed by atoms with Gasteiger partial charge in [-0.25, -0.2) is 18.2 Å². The zero-order valence-corrected chi connectivity index (χ0v) is 27.4. The van der Waals surface area contributed by atoms with Gasteiger partial charge in [0.15, 0.2) is 14.2 Å².